The molecule has 0 saturated heterocycles. The predicted octanol–water partition coefficient (Wildman–Crippen LogP) is 4.69. The maximum absolute atomic E-state index is 12.1. The molecule has 0 bridgehead atoms. The van der Waals surface area contributed by atoms with E-state index in [1.54, 1.807) is 11.8 Å². The molecule has 0 aromatic rings. The van der Waals surface area contributed by atoms with Crippen LogP contribution in [0.3, 0.4) is 0 Å². The Morgan fingerprint density at radius 1 is 1.12 bits per heavy atom. The van der Waals surface area contributed by atoms with E-state index in [1.807, 2.05) is 19.0 Å². The molecule has 1 nitrogen and oxygen atoms in total. The van der Waals surface area contributed by atoms with E-state index >= 15 is 0 Å². The van der Waals surface area contributed by atoms with Gasteiger partial charge in [-0.3, -0.25) is 0 Å². The second kappa shape index (κ2) is 9.83. The van der Waals surface area contributed by atoms with Crippen molar-refractivity contribution in [2.24, 2.45) is 0 Å². The first-order chi connectivity index (χ1) is 7.95. The normalized spacial score (nSPS) is 10.2. The second-order valence-corrected chi connectivity index (χ2v) is 5.94. The molecule has 5 heteroatoms. The summed E-state index contributed by atoms with van der Waals surface area (Å²) < 4.78 is 25.1. The molecule has 0 aliphatic rings. The summed E-state index contributed by atoms with van der Waals surface area (Å²) in [7, 11) is 3.88. The molecule has 0 fully saturated rings. The Balaban J connectivity index is 3.37. The van der Waals surface area contributed by atoms with Crippen LogP contribution in [0, 0.1) is 0 Å². The lowest BCUT2D eigenvalue weighted by molar-refractivity contribution is 0.406. The van der Waals surface area contributed by atoms with Gasteiger partial charge in [-0.1, -0.05) is 36.8 Å². The molecule has 0 aliphatic heterocycles. The summed E-state index contributed by atoms with van der Waals surface area (Å²) in [6, 6.07) is 0. The maximum atomic E-state index is 12.1. The summed E-state index contributed by atoms with van der Waals surface area (Å²) in [5, 5.41) is 0. The smallest absolute Gasteiger partial charge is 0.269 e. The Bertz CT molecular complexity index is 261. The Labute approximate surface area is 113 Å². The van der Waals surface area contributed by atoms with Crippen LogP contribution in [0.1, 0.15) is 39.0 Å². The number of hydrogen-bond acceptors (Lipinski definition) is 2. The molecular weight excluding hydrogens is 260 g/mol. The van der Waals surface area contributed by atoms with Gasteiger partial charge in [0.2, 0.25) is 0 Å². The monoisotopic (exact) mass is 281 g/mol. The van der Waals surface area contributed by atoms with Crippen LogP contribution in [0.4, 0.5) is 8.78 Å². The number of hydrogen-bond donors (Lipinski definition) is 0. The van der Waals surface area contributed by atoms with E-state index in [-0.39, 0.29) is 5.57 Å². The summed E-state index contributed by atoms with van der Waals surface area (Å²) in [4.78, 5) is 1.93. The quantitative estimate of drug-likeness (QED) is 0.492. The summed E-state index contributed by atoms with van der Waals surface area (Å²) in [5.74, 6) is 1.02. The maximum Gasteiger partial charge on any atom is 0.269 e. The highest BCUT2D eigenvalue weighted by molar-refractivity contribution is 8.22. The van der Waals surface area contributed by atoms with Crippen molar-refractivity contribution in [3.05, 3.63) is 11.7 Å². The SMILES string of the molecule is CC(CCCCCCSC(=S)N(C)C)=C(F)F. The van der Waals surface area contributed by atoms with Crippen LogP contribution < -0.4 is 0 Å². The van der Waals surface area contributed by atoms with Crippen molar-refractivity contribution in [3.8, 4) is 0 Å². The van der Waals surface area contributed by atoms with Crippen LogP contribution in [-0.4, -0.2) is 29.1 Å². The molecule has 0 spiro atoms. The van der Waals surface area contributed by atoms with Crippen molar-refractivity contribution in [1.82, 2.24) is 4.90 Å². The first-order valence-corrected chi connectivity index (χ1v) is 7.19. The number of rotatable bonds is 7. The minimum absolute atomic E-state index is 0.230. The molecule has 0 atom stereocenters. The lowest BCUT2D eigenvalue weighted by Crippen LogP contribution is -2.16. The van der Waals surface area contributed by atoms with Crippen LogP contribution in [0.15, 0.2) is 11.7 Å². The molecule has 0 unspecified atom stereocenters. The van der Waals surface area contributed by atoms with Gasteiger partial charge in [0.25, 0.3) is 6.08 Å². The fraction of sp³-hybridized carbons (Fsp3) is 0.750. The van der Waals surface area contributed by atoms with Gasteiger partial charge in [0, 0.05) is 19.8 Å². The van der Waals surface area contributed by atoms with Crippen molar-refractivity contribution < 1.29 is 8.78 Å². The highest BCUT2D eigenvalue weighted by atomic mass is 32.2. The first kappa shape index (κ1) is 16.8. The number of allylic oxidation sites excluding steroid dienone is 1. The molecule has 0 saturated carbocycles. The predicted molar refractivity (Wildman–Crippen MR) is 76.7 cm³/mol. The van der Waals surface area contributed by atoms with Gasteiger partial charge in [-0.25, -0.2) is 0 Å². The van der Waals surface area contributed by atoms with Gasteiger partial charge >= 0.3 is 0 Å². The summed E-state index contributed by atoms with van der Waals surface area (Å²) in [6.07, 6.45) is 3.05. The Morgan fingerprint density at radius 3 is 2.24 bits per heavy atom. The highest BCUT2D eigenvalue weighted by Gasteiger charge is 2.01. The van der Waals surface area contributed by atoms with Gasteiger partial charge in [-0.05, 0) is 31.8 Å². The molecule has 0 radical (unpaired) electrons. The van der Waals surface area contributed by atoms with Crippen molar-refractivity contribution in [1.29, 1.82) is 0 Å². The van der Waals surface area contributed by atoms with Crippen LogP contribution in [-0.2, 0) is 0 Å². The topological polar surface area (TPSA) is 3.24 Å². The summed E-state index contributed by atoms with van der Waals surface area (Å²) in [5.41, 5.74) is 0.230. The fourth-order valence-corrected chi connectivity index (χ4v) is 2.26. The van der Waals surface area contributed by atoms with Gasteiger partial charge in [-0.2, -0.15) is 8.78 Å². The fourth-order valence-electron chi connectivity index (χ4n) is 1.23. The van der Waals surface area contributed by atoms with Crippen LogP contribution in [0.2, 0.25) is 0 Å². The number of unbranched alkanes of at least 4 members (excludes halogenated alkanes) is 3. The Kier molecular flexibility index (Phi) is 9.74. The number of thioether (sulfide) groups is 1. The lowest BCUT2D eigenvalue weighted by Gasteiger charge is -2.12. The van der Waals surface area contributed by atoms with Crippen molar-refractivity contribution >= 4 is 28.3 Å². The van der Waals surface area contributed by atoms with E-state index in [2.05, 4.69) is 0 Å². The molecule has 0 aromatic heterocycles. The zero-order chi connectivity index (χ0) is 13.3. The molecule has 100 valence electrons. The molecule has 0 rings (SSSR count). The molecular formula is C12H21F2NS2. The summed E-state index contributed by atoms with van der Waals surface area (Å²) >= 11 is 6.82. The van der Waals surface area contributed by atoms with Gasteiger partial charge < -0.3 is 4.90 Å². The Hall–Kier alpha value is -0.160. The second-order valence-electron chi connectivity index (χ2n) is 4.21. The lowest BCUT2D eigenvalue weighted by atomic mass is 10.1. The Morgan fingerprint density at radius 2 is 1.71 bits per heavy atom. The molecule has 17 heavy (non-hydrogen) atoms. The van der Waals surface area contributed by atoms with E-state index in [9.17, 15) is 8.78 Å². The summed E-state index contributed by atoms with van der Waals surface area (Å²) in [6.45, 7) is 1.50. The van der Waals surface area contributed by atoms with Gasteiger partial charge in [0.05, 0.1) is 0 Å². The average molecular weight is 281 g/mol. The van der Waals surface area contributed by atoms with E-state index in [0.29, 0.717) is 6.42 Å². The number of thiocarbonyl (C=S) groups is 1. The zero-order valence-electron chi connectivity index (χ0n) is 10.8. The standard InChI is InChI=1S/C12H21F2NS2/c1-10(11(13)14)8-6-4-5-7-9-17-12(16)15(2)3/h4-9H2,1-3H3. The number of nitrogens with zero attached hydrogens (tertiary/aromatic N) is 1. The number of halogens is 2. The molecule has 0 aliphatic carbocycles. The minimum Gasteiger partial charge on any atom is -0.364 e. The first-order valence-electron chi connectivity index (χ1n) is 5.80. The van der Waals surface area contributed by atoms with E-state index in [1.165, 1.54) is 6.92 Å². The van der Waals surface area contributed by atoms with Gasteiger partial charge in [0.15, 0.2) is 0 Å². The van der Waals surface area contributed by atoms with Gasteiger partial charge in [0.1, 0.15) is 4.32 Å². The third-order valence-electron chi connectivity index (χ3n) is 2.36. The van der Waals surface area contributed by atoms with E-state index < -0.39 is 6.08 Å². The average Bonchev–Trinajstić information content (AvgIpc) is 2.26. The van der Waals surface area contributed by atoms with Gasteiger partial charge in [-0.15, -0.1) is 0 Å². The van der Waals surface area contributed by atoms with Crippen LogP contribution in [0.5, 0.6) is 0 Å². The molecule has 0 heterocycles. The van der Waals surface area contributed by atoms with E-state index in [0.717, 1.165) is 35.8 Å². The molecule has 0 N–H and O–H groups in total. The van der Waals surface area contributed by atoms with Crippen LogP contribution >= 0.6 is 24.0 Å². The third kappa shape index (κ3) is 9.53. The molecule has 0 amide bonds. The molecule has 0 aromatic carbocycles. The van der Waals surface area contributed by atoms with Crippen molar-refractivity contribution in [3.63, 3.8) is 0 Å². The van der Waals surface area contributed by atoms with Crippen LogP contribution in [0.25, 0.3) is 0 Å². The van der Waals surface area contributed by atoms with E-state index in [4.69, 9.17) is 12.2 Å². The largest absolute Gasteiger partial charge is 0.364 e. The van der Waals surface area contributed by atoms with Crippen molar-refractivity contribution in [2.45, 2.75) is 39.0 Å². The highest BCUT2D eigenvalue weighted by Crippen LogP contribution is 2.16. The van der Waals surface area contributed by atoms with Crippen molar-refractivity contribution in [2.75, 3.05) is 19.8 Å². The zero-order valence-corrected chi connectivity index (χ0v) is 12.4. The minimum atomic E-state index is -1.52. The third-order valence-corrected chi connectivity index (χ3v) is 4.18.